The summed E-state index contributed by atoms with van der Waals surface area (Å²) in [6.07, 6.45) is 7.05. The monoisotopic (exact) mass is 195 g/mol. The van der Waals surface area contributed by atoms with Crippen LogP contribution in [-0.4, -0.2) is 16.9 Å². The second-order valence-corrected chi connectivity index (χ2v) is 4.03. The molecular formula is C11H17NO2. The van der Waals surface area contributed by atoms with Gasteiger partial charge in [-0.3, -0.25) is 0 Å². The molecule has 1 fully saturated rings. The number of aliphatic hydroxyl groups is 1. The number of nitrogens with zero attached hydrogens (tertiary/aromatic N) is 1. The van der Waals surface area contributed by atoms with E-state index >= 15 is 0 Å². The smallest absolute Gasteiger partial charge is 0.139 e. The molecule has 2 rings (SSSR count). The van der Waals surface area contributed by atoms with Crippen LogP contribution in [0.25, 0.3) is 0 Å². The molecule has 78 valence electrons. The third-order valence-electron chi connectivity index (χ3n) is 2.96. The highest BCUT2D eigenvalue weighted by Gasteiger charge is 2.18. The fourth-order valence-corrected chi connectivity index (χ4v) is 2.15. The minimum atomic E-state index is 0.138. The molecule has 3 heteroatoms. The quantitative estimate of drug-likeness (QED) is 0.804. The minimum Gasteiger partial charge on any atom is -0.396 e. The molecule has 0 radical (unpaired) electrons. The number of aromatic nitrogens is 1. The Morgan fingerprint density at radius 3 is 2.86 bits per heavy atom. The minimum absolute atomic E-state index is 0.138. The van der Waals surface area contributed by atoms with E-state index in [1.807, 2.05) is 6.07 Å². The first-order valence-corrected chi connectivity index (χ1v) is 5.46. The van der Waals surface area contributed by atoms with Crippen molar-refractivity contribution in [2.24, 2.45) is 0 Å². The standard InChI is InChI=1S/C11H17NO2/c13-7-6-10-8-11(12-14-10)9-4-2-1-3-5-9/h8-9,13H,1-7H2. The van der Waals surface area contributed by atoms with E-state index in [-0.39, 0.29) is 6.61 Å². The lowest BCUT2D eigenvalue weighted by Gasteiger charge is -2.18. The Hall–Kier alpha value is -0.830. The Bertz CT molecular complexity index is 277. The van der Waals surface area contributed by atoms with Crippen molar-refractivity contribution in [3.63, 3.8) is 0 Å². The molecule has 1 N–H and O–H groups in total. The fraction of sp³-hybridized carbons (Fsp3) is 0.727. The highest BCUT2D eigenvalue weighted by Crippen LogP contribution is 2.32. The maximum Gasteiger partial charge on any atom is 0.139 e. The van der Waals surface area contributed by atoms with Gasteiger partial charge in [-0.2, -0.15) is 0 Å². The van der Waals surface area contributed by atoms with E-state index in [9.17, 15) is 0 Å². The van der Waals surface area contributed by atoms with Crippen molar-refractivity contribution in [1.82, 2.24) is 5.16 Å². The zero-order chi connectivity index (χ0) is 9.80. The molecule has 1 aromatic rings. The van der Waals surface area contributed by atoms with Crippen LogP contribution in [-0.2, 0) is 6.42 Å². The van der Waals surface area contributed by atoms with Crippen LogP contribution in [0.15, 0.2) is 10.6 Å². The molecule has 0 aliphatic heterocycles. The lowest BCUT2D eigenvalue weighted by atomic mass is 9.87. The van der Waals surface area contributed by atoms with E-state index in [0.29, 0.717) is 12.3 Å². The fourth-order valence-electron chi connectivity index (χ4n) is 2.15. The first kappa shape index (κ1) is 9.71. The number of hydrogen-bond donors (Lipinski definition) is 1. The van der Waals surface area contributed by atoms with Crippen LogP contribution in [0, 0.1) is 0 Å². The van der Waals surface area contributed by atoms with Gasteiger partial charge in [-0.15, -0.1) is 0 Å². The van der Waals surface area contributed by atoms with Crippen molar-refractivity contribution in [2.75, 3.05) is 6.61 Å². The van der Waals surface area contributed by atoms with Gasteiger partial charge in [0, 0.05) is 18.4 Å². The van der Waals surface area contributed by atoms with Crippen molar-refractivity contribution in [1.29, 1.82) is 0 Å². The van der Waals surface area contributed by atoms with Gasteiger partial charge >= 0.3 is 0 Å². The molecule has 0 spiro atoms. The maximum atomic E-state index is 8.75. The van der Waals surface area contributed by atoms with E-state index in [2.05, 4.69) is 5.16 Å². The molecule has 14 heavy (non-hydrogen) atoms. The maximum absolute atomic E-state index is 8.75. The Labute approximate surface area is 84.1 Å². The predicted molar refractivity (Wildman–Crippen MR) is 53.1 cm³/mol. The highest BCUT2D eigenvalue weighted by molar-refractivity contribution is 5.11. The topological polar surface area (TPSA) is 46.3 Å². The summed E-state index contributed by atoms with van der Waals surface area (Å²) in [5, 5.41) is 12.8. The first-order chi connectivity index (χ1) is 6.90. The summed E-state index contributed by atoms with van der Waals surface area (Å²) >= 11 is 0. The third kappa shape index (κ3) is 2.15. The molecule has 0 aromatic carbocycles. The van der Waals surface area contributed by atoms with E-state index in [1.165, 1.54) is 32.1 Å². The van der Waals surface area contributed by atoms with Crippen LogP contribution in [0.2, 0.25) is 0 Å². The van der Waals surface area contributed by atoms with Gasteiger partial charge in [-0.05, 0) is 12.8 Å². The van der Waals surface area contributed by atoms with Gasteiger partial charge in [0.25, 0.3) is 0 Å². The molecule has 1 aliphatic carbocycles. The highest BCUT2D eigenvalue weighted by atomic mass is 16.5. The summed E-state index contributed by atoms with van der Waals surface area (Å²) in [5.41, 5.74) is 1.09. The van der Waals surface area contributed by atoms with Gasteiger partial charge in [0.2, 0.25) is 0 Å². The molecule has 1 aromatic heterocycles. The van der Waals surface area contributed by atoms with Crippen LogP contribution in [0.3, 0.4) is 0 Å². The summed E-state index contributed by atoms with van der Waals surface area (Å²) in [4.78, 5) is 0. The van der Waals surface area contributed by atoms with E-state index in [4.69, 9.17) is 9.63 Å². The van der Waals surface area contributed by atoms with Gasteiger partial charge in [-0.25, -0.2) is 0 Å². The number of rotatable bonds is 3. The van der Waals surface area contributed by atoms with E-state index in [0.717, 1.165) is 11.5 Å². The molecule has 0 unspecified atom stereocenters. The predicted octanol–water partition coefficient (Wildman–Crippen LogP) is 2.26. The van der Waals surface area contributed by atoms with Crippen molar-refractivity contribution < 1.29 is 9.63 Å². The molecule has 0 amide bonds. The summed E-state index contributed by atoms with van der Waals surface area (Å²) < 4.78 is 5.15. The Morgan fingerprint density at radius 1 is 1.36 bits per heavy atom. The molecule has 0 saturated heterocycles. The summed E-state index contributed by atoms with van der Waals surface area (Å²) in [7, 11) is 0. The van der Waals surface area contributed by atoms with Crippen molar-refractivity contribution >= 4 is 0 Å². The van der Waals surface area contributed by atoms with Crippen LogP contribution in [0.5, 0.6) is 0 Å². The van der Waals surface area contributed by atoms with E-state index < -0.39 is 0 Å². The van der Waals surface area contributed by atoms with Crippen molar-refractivity contribution in [2.45, 2.75) is 44.4 Å². The molecular weight excluding hydrogens is 178 g/mol. The summed E-state index contributed by atoms with van der Waals surface area (Å²) in [6.45, 7) is 0.138. The third-order valence-corrected chi connectivity index (χ3v) is 2.96. The van der Waals surface area contributed by atoms with E-state index in [1.54, 1.807) is 0 Å². The first-order valence-electron chi connectivity index (χ1n) is 5.46. The average Bonchev–Trinajstić information content (AvgIpc) is 2.68. The molecule has 1 aliphatic rings. The zero-order valence-electron chi connectivity index (χ0n) is 8.41. The van der Waals surface area contributed by atoms with Gasteiger partial charge in [0.05, 0.1) is 12.3 Å². The number of hydrogen-bond acceptors (Lipinski definition) is 3. The zero-order valence-corrected chi connectivity index (χ0v) is 8.41. The molecule has 1 heterocycles. The van der Waals surface area contributed by atoms with Gasteiger partial charge in [0.1, 0.15) is 5.76 Å². The van der Waals surface area contributed by atoms with Crippen LogP contribution >= 0.6 is 0 Å². The average molecular weight is 195 g/mol. The molecule has 0 atom stereocenters. The lowest BCUT2D eigenvalue weighted by Crippen LogP contribution is -2.04. The van der Waals surface area contributed by atoms with Crippen LogP contribution in [0.4, 0.5) is 0 Å². The molecule has 0 bridgehead atoms. The Balaban J connectivity index is 2.00. The van der Waals surface area contributed by atoms with Gasteiger partial charge in [-0.1, -0.05) is 24.4 Å². The van der Waals surface area contributed by atoms with Crippen LogP contribution < -0.4 is 0 Å². The largest absolute Gasteiger partial charge is 0.396 e. The Kier molecular flexibility index (Phi) is 3.19. The van der Waals surface area contributed by atoms with Crippen molar-refractivity contribution in [3.05, 3.63) is 17.5 Å². The molecule has 3 nitrogen and oxygen atoms in total. The summed E-state index contributed by atoms with van der Waals surface area (Å²) in [6, 6.07) is 2.01. The van der Waals surface area contributed by atoms with Crippen LogP contribution in [0.1, 0.15) is 49.5 Å². The van der Waals surface area contributed by atoms with Gasteiger partial charge < -0.3 is 9.63 Å². The second kappa shape index (κ2) is 4.60. The Morgan fingerprint density at radius 2 is 2.14 bits per heavy atom. The lowest BCUT2D eigenvalue weighted by molar-refractivity contribution is 0.276. The second-order valence-electron chi connectivity index (χ2n) is 4.03. The van der Waals surface area contributed by atoms with Gasteiger partial charge in [0.15, 0.2) is 0 Å². The molecule has 1 saturated carbocycles. The number of aliphatic hydroxyl groups excluding tert-OH is 1. The summed E-state index contributed by atoms with van der Waals surface area (Å²) in [5.74, 6) is 1.41. The normalized spacial score (nSPS) is 18.6. The SMILES string of the molecule is OCCc1cc(C2CCCCC2)no1. The van der Waals surface area contributed by atoms with Crippen molar-refractivity contribution in [3.8, 4) is 0 Å².